The number of aryl methyl sites for hydroxylation is 1. The number of likely N-dealkylation sites (N-methyl/N-ethyl adjacent to an activating group) is 1. The van der Waals surface area contributed by atoms with Crippen molar-refractivity contribution in [3.8, 4) is 0 Å². The fourth-order valence-corrected chi connectivity index (χ4v) is 1.80. The number of aliphatic hydroxyl groups excluding tert-OH is 1. The molecule has 19 heavy (non-hydrogen) atoms. The van der Waals surface area contributed by atoms with Gasteiger partial charge in [0.05, 0.1) is 12.7 Å². The molecule has 0 radical (unpaired) electrons. The summed E-state index contributed by atoms with van der Waals surface area (Å²) in [4.78, 5) is 10.8. The third-order valence-electron chi connectivity index (χ3n) is 2.72. The number of aliphatic hydroxyl groups is 1. The molecule has 0 amide bonds. The van der Waals surface area contributed by atoms with Gasteiger partial charge < -0.3 is 20.1 Å². The van der Waals surface area contributed by atoms with Crippen LogP contribution < -0.4 is 10.2 Å². The average Bonchev–Trinajstić information content (AvgIpc) is 2.38. The highest BCUT2D eigenvalue weighted by atomic mass is 16.5. The summed E-state index contributed by atoms with van der Waals surface area (Å²) >= 11 is 0. The van der Waals surface area contributed by atoms with Gasteiger partial charge in [-0.1, -0.05) is 6.92 Å². The molecule has 0 aliphatic carbocycles. The van der Waals surface area contributed by atoms with Crippen LogP contribution in [0.3, 0.4) is 0 Å². The Labute approximate surface area is 114 Å². The van der Waals surface area contributed by atoms with Crippen LogP contribution in [-0.4, -0.2) is 55.5 Å². The Kier molecular flexibility index (Phi) is 6.52. The Hall–Kier alpha value is -1.40. The highest BCUT2D eigenvalue weighted by molar-refractivity contribution is 5.48. The van der Waals surface area contributed by atoms with Crippen LogP contribution in [0.4, 0.5) is 11.6 Å². The van der Waals surface area contributed by atoms with Gasteiger partial charge in [-0.2, -0.15) is 0 Å². The van der Waals surface area contributed by atoms with Crippen LogP contribution in [0.1, 0.15) is 19.2 Å². The number of hydrogen-bond donors (Lipinski definition) is 2. The maximum Gasteiger partial charge on any atom is 0.134 e. The zero-order valence-electron chi connectivity index (χ0n) is 12.2. The van der Waals surface area contributed by atoms with Crippen molar-refractivity contribution < 1.29 is 9.84 Å². The molecule has 2 N–H and O–H groups in total. The number of rotatable bonds is 8. The van der Waals surface area contributed by atoms with Gasteiger partial charge in [0.2, 0.25) is 0 Å². The molecule has 0 bridgehead atoms. The predicted molar refractivity (Wildman–Crippen MR) is 76.7 cm³/mol. The normalized spacial score (nSPS) is 12.3. The van der Waals surface area contributed by atoms with E-state index < -0.39 is 6.10 Å². The molecule has 1 atom stereocenters. The first-order valence-corrected chi connectivity index (χ1v) is 6.54. The summed E-state index contributed by atoms with van der Waals surface area (Å²) in [5, 5.41) is 12.8. The van der Waals surface area contributed by atoms with Crippen molar-refractivity contribution in [2.24, 2.45) is 0 Å². The minimum atomic E-state index is -0.530. The monoisotopic (exact) mass is 268 g/mol. The van der Waals surface area contributed by atoms with Crippen LogP contribution in [0, 0.1) is 0 Å². The van der Waals surface area contributed by atoms with E-state index in [1.165, 1.54) is 0 Å². The van der Waals surface area contributed by atoms with Crippen molar-refractivity contribution in [3.05, 3.63) is 11.9 Å². The second-order valence-corrected chi connectivity index (χ2v) is 4.52. The van der Waals surface area contributed by atoms with Crippen molar-refractivity contribution >= 4 is 11.6 Å². The lowest BCUT2D eigenvalue weighted by atomic mass is 10.3. The Morgan fingerprint density at radius 1 is 1.47 bits per heavy atom. The first kappa shape index (κ1) is 15.7. The van der Waals surface area contributed by atoms with E-state index in [4.69, 9.17) is 4.74 Å². The number of anilines is 2. The molecule has 108 valence electrons. The van der Waals surface area contributed by atoms with Crippen molar-refractivity contribution in [2.75, 3.05) is 44.6 Å². The second kappa shape index (κ2) is 7.91. The van der Waals surface area contributed by atoms with Crippen LogP contribution in [-0.2, 0) is 11.2 Å². The van der Waals surface area contributed by atoms with Crippen LogP contribution in [0.2, 0.25) is 0 Å². The minimum Gasteiger partial charge on any atom is -0.389 e. The average molecular weight is 268 g/mol. The van der Waals surface area contributed by atoms with Crippen LogP contribution in [0.25, 0.3) is 0 Å². The van der Waals surface area contributed by atoms with Crippen molar-refractivity contribution in [3.63, 3.8) is 0 Å². The molecular formula is C13H24N4O2. The standard InChI is InChI=1S/C13H24N4O2/c1-5-6-11-15-12(14-2)7-13(16-11)17(3)8-10(18)9-19-4/h7,10,18H,5-6,8-9H2,1-4H3,(H,14,15,16). The van der Waals surface area contributed by atoms with Gasteiger partial charge >= 0.3 is 0 Å². The first-order chi connectivity index (χ1) is 9.10. The summed E-state index contributed by atoms with van der Waals surface area (Å²) in [7, 11) is 5.31. The molecule has 0 saturated heterocycles. The molecule has 1 unspecified atom stereocenters. The molecular weight excluding hydrogens is 244 g/mol. The number of nitrogens with one attached hydrogen (secondary N) is 1. The summed E-state index contributed by atoms with van der Waals surface area (Å²) < 4.78 is 4.93. The Balaban J connectivity index is 2.82. The zero-order chi connectivity index (χ0) is 14.3. The molecule has 1 heterocycles. The lowest BCUT2D eigenvalue weighted by molar-refractivity contribution is 0.0694. The van der Waals surface area contributed by atoms with Gasteiger partial charge in [0.15, 0.2) is 0 Å². The summed E-state index contributed by atoms with van der Waals surface area (Å²) in [6, 6.07) is 1.87. The summed E-state index contributed by atoms with van der Waals surface area (Å²) in [6.45, 7) is 2.89. The van der Waals surface area contributed by atoms with E-state index in [0.717, 1.165) is 30.3 Å². The third-order valence-corrected chi connectivity index (χ3v) is 2.72. The maximum absolute atomic E-state index is 9.75. The van der Waals surface area contributed by atoms with Gasteiger partial charge in [-0.05, 0) is 6.42 Å². The lowest BCUT2D eigenvalue weighted by Gasteiger charge is -2.22. The SMILES string of the molecule is CCCc1nc(NC)cc(N(C)CC(O)COC)n1. The van der Waals surface area contributed by atoms with Gasteiger partial charge in [0, 0.05) is 40.2 Å². The van der Waals surface area contributed by atoms with Gasteiger partial charge in [-0.3, -0.25) is 0 Å². The van der Waals surface area contributed by atoms with Crippen molar-refractivity contribution in [2.45, 2.75) is 25.9 Å². The lowest BCUT2D eigenvalue weighted by Crippen LogP contribution is -2.32. The Morgan fingerprint density at radius 2 is 2.21 bits per heavy atom. The van der Waals surface area contributed by atoms with E-state index in [1.54, 1.807) is 7.11 Å². The molecule has 6 heteroatoms. The minimum absolute atomic E-state index is 0.316. The molecule has 6 nitrogen and oxygen atoms in total. The van der Waals surface area contributed by atoms with Crippen LogP contribution >= 0.6 is 0 Å². The molecule has 1 rings (SSSR count). The Bertz CT molecular complexity index is 387. The number of ether oxygens (including phenoxy) is 1. The van der Waals surface area contributed by atoms with E-state index in [9.17, 15) is 5.11 Å². The molecule has 0 aliphatic heterocycles. The second-order valence-electron chi connectivity index (χ2n) is 4.52. The number of methoxy groups -OCH3 is 1. The molecule has 0 fully saturated rings. The van der Waals surface area contributed by atoms with Gasteiger partial charge in [0.1, 0.15) is 17.5 Å². The largest absolute Gasteiger partial charge is 0.389 e. The smallest absolute Gasteiger partial charge is 0.134 e. The van der Waals surface area contributed by atoms with Crippen molar-refractivity contribution in [1.82, 2.24) is 9.97 Å². The fraction of sp³-hybridized carbons (Fsp3) is 0.692. The molecule has 0 saturated carbocycles. The number of aromatic nitrogens is 2. The van der Waals surface area contributed by atoms with Crippen LogP contribution in [0.5, 0.6) is 0 Å². The number of nitrogens with zero attached hydrogens (tertiary/aromatic N) is 3. The molecule has 1 aromatic rings. The summed E-state index contributed by atoms with van der Waals surface area (Å²) in [5.74, 6) is 2.41. The van der Waals surface area contributed by atoms with Gasteiger partial charge in [0.25, 0.3) is 0 Å². The van der Waals surface area contributed by atoms with Crippen LogP contribution in [0.15, 0.2) is 6.07 Å². The highest BCUT2D eigenvalue weighted by Crippen LogP contribution is 2.15. The predicted octanol–water partition coefficient (Wildman–Crippen LogP) is 0.914. The van der Waals surface area contributed by atoms with Gasteiger partial charge in [-0.15, -0.1) is 0 Å². The van der Waals surface area contributed by atoms with E-state index in [2.05, 4.69) is 22.2 Å². The first-order valence-electron chi connectivity index (χ1n) is 6.54. The summed E-state index contributed by atoms with van der Waals surface area (Å²) in [6.07, 6.45) is 1.32. The van der Waals surface area contributed by atoms with Gasteiger partial charge in [-0.25, -0.2) is 9.97 Å². The highest BCUT2D eigenvalue weighted by Gasteiger charge is 2.12. The topological polar surface area (TPSA) is 70.5 Å². The Morgan fingerprint density at radius 3 is 2.79 bits per heavy atom. The van der Waals surface area contributed by atoms with E-state index in [-0.39, 0.29) is 0 Å². The van der Waals surface area contributed by atoms with Crippen molar-refractivity contribution in [1.29, 1.82) is 0 Å². The third kappa shape index (κ3) is 5.00. The molecule has 0 aliphatic rings. The fourth-order valence-electron chi connectivity index (χ4n) is 1.80. The number of hydrogen-bond acceptors (Lipinski definition) is 6. The van der Waals surface area contributed by atoms with E-state index >= 15 is 0 Å². The molecule has 1 aromatic heterocycles. The zero-order valence-corrected chi connectivity index (χ0v) is 12.2. The maximum atomic E-state index is 9.75. The van der Waals surface area contributed by atoms with E-state index in [1.807, 2.05) is 25.1 Å². The quantitative estimate of drug-likeness (QED) is 0.730. The molecule has 0 spiro atoms. The molecule has 0 aromatic carbocycles. The summed E-state index contributed by atoms with van der Waals surface area (Å²) in [5.41, 5.74) is 0. The van der Waals surface area contributed by atoms with E-state index in [0.29, 0.717) is 13.2 Å².